The van der Waals surface area contributed by atoms with Gasteiger partial charge in [-0.3, -0.25) is 4.79 Å². The molecule has 1 aromatic rings. The van der Waals surface area contributed by atoms with E-state index in [0.717, 1.165) is 0 Å². The Hall–Kier alpha value is -1.43. The molecule has 1 N–H and O–H groups in total. The maximum Gasteiger partial charge on any atom is 0.336 e. The van der Waals surface area contributed by atoms with Gasteiger partial charge in [0.05, 0.1) is 0 Å². The van der Waals surface area contributed by atoms with Crippen molar-refractivity contribution >= 4 is 23.7 Å². The van der Waals surface area contributed by atoms with E-state index in [4.69, 9.17) is 0 Å². The second-order valence-electron chi connectivity index (χ2n) is 3.11. The Morgan fingerprint density at radius 2 is 2.47 bits per heavy atom. The van der Waals surface area contributed by atoms with Crippen LogP contribution in [-0.4, -0.2) is 33.9 Å². The van der Waals surface area contributed by atoms with Crippen molar-refractivity contribution in [1.82, 2.24) is 9.88 Å². The average molecular weight is 228 g/mol. The molecule has 1 heterocycles. The molecule has 5 nitrogen and oxygen atoms in total. The second-order valence-corrected chi connectivity index (χ2v) is 4.00. The average Bonchev–Trinajstić information content (AvgIpc) is 2.72. The molecule has 1 atom stereocenters. The summed E-state index contributed by atoms with van der Waals surface area (Å²) in [7, 11) is 0. The van der Waals surface area contributed by atoms with Gasteiger partial charge in [0.1, 0.15) is 5.01 Å². The Bertz CT molecular complexity index is 352. The van der Waals surface area contributed by atoms with Crippen LogP contribution in [0.15, 0.2) is 11.6 Å². The zero-order valence-electron chi connectivity index (χ0n) is 8.51. The summed E-state index contributed by atoms with van der Waals surface area (Å²) in [6.45, 7) is 3.53. The minimum Gasteiger partial charge on any atom is -0.479 e. The van der Waals surface area contributed by atoms with E-state index in [0.29, 0.717) is 18.0 Å². The lowest BCUT2D eigenvalue weighted by molar-refractivity contribution is -0.154. The van der Waals surface area contributed by atoms with Crippen molar-refractivity contribution in [2.24, 2.45) is 0 Å². The van der Waals surface area contributed by atoms with Crippen molar-refractivity contribution in [1.29, 1.82) is 0 Å². The number of carbonyl (C=O) groups is 2. The number of hydrogen-bond donors (Lipinski definition) is 1. The van der Waals surface area contributed by atoms with Crippen molar-refractivity contribution in [3.8, 4) is 0 Å². The number of nitrogens with zero attached hydrogens (tertiary/aromatic N) is 2. The predicted molar refractivity (Wildman–Crippen MR) is 55.5 cm³/mol. The third kappa shape index (κ3) is 1.85. The molecule has 0 aromatic carbocycles. The molecule has 1 rings (SSSR count). The summed E-state index contributed by atoms with van der Waals surface area (Å²) in [5.74, 6) is -1.08. The Labute approximate surface area is 91.4 Å². The number of thiazole rings is 1. The number of likely N-dealkylation sites (N-methyl/N-ethyl adjacent to an activating group) is 1. The monoisotopic (exact) mass is 228 g/mol. The maximum atomic E-state index is 11.2. The van der Waals surface area contributed by atoms with Crippen LogP contribution in [-0.2, 0) is 15.1 Å². The van der Waals surface area contributed by atoms with Crippen LogP contribution >= 0.6 is 11.3 Å². The third-order valence-corrected chi connectivity index (χ3v) is 3.29. The zero-order chi connectivity index (χ0) is 11.5. The topological polar surface area (TPSA) is 70.5 Å². The lowest BCUT2D eigenvalue weighted by atomic mass is 10.0. The molecule has 0 fully saturated rings. The number of amides is 1. The summed E-state index contributed by atoms with van der Waals surface area (Å²) in [6.07, 6.45) is 2.06. The number of hydrogen-bond acceptors (Lipinski definition) is 4. The molecule has 0 spiro atoms. The Morgan fingerprint density at radius 3 is 2.80 bits per heavy atom. The summed E-state index contributed by atoms with van der Waals surface area (Å²) in [6, 6.07) is 0. The highest BCUT2D eigenvalue weighted by molar-refractivity contribution is 7.09. The van der Waals surface area contributed by atoms with Crippen LogP contribution in [0.3, 0.4) is 0 Å². The van der Waals surface area contributed by atoms with Gasteiger partial charge in [0.15, 0.2) is 5.54 Å². The first kappa shape index (κ1) is 11.6. The minimum atomic E-state index is -1.37. The van der Waals surface area contributed by atoms with Gasteiger partial charge in [-0.1, -0.05) is 0 Å². The van der Waals surface area contributed by atoms with Gasteiger partial charge in [0.2, 0.25) is 6.41 Å². The standard InChI is InChI=1S/C9H12N2O3S/c1-3-11(6-12)9(2,8(13)14)7-10-4-5-15-7/h4-6H,3H2,1-2H3,(H,13,14). The predicted octanol–water partition coefficient (Wildman–Crippen LogP) is 0.921. The van der Waals surface area contributed by atoms with Gasteiger partial charge in [-0.25, -0.2) is 9.78 Å². The van der Waals surface area contributed by atoms with Gasteiger partial charge >= 0.3 is 5.97 Å². The van der Waals surface area contributed by atoms with Crippen molar-refractivity contribution in [2.45, 2.75) is 19.4 Å². The fourth-order valence-corrected chi connectivity index (χ4v) is 2.10. The molecule has 82 valence electrons. The van der Waals surface area contributed by atoms with Crippen LogP contribution in [0.2, 0.25) is 0 Å². The summed E-state index contributed by atoms with van der Waals surface area (Å²) in [5, 5.41) is 11.3. The smallest absolute Gasteiger partial charge is 0.336 e. The van der Waals surface area contributed by atoms with Gasteiger partial charge in [-0.2, -0.15) is 0 Å². The number of rotatable bonds is 5. The van der Waals surface area contributed by atoms with Crippen LogP contribution in [0.1, 0.15) is 18.9 Å². The van der Waals surface area contributed by atoms with E-state index < -0.39 is 11.5 Å². The number of carboxylic acid groups (broad SMARTS) is 1. The molecule has 0 saturated carbocycles. The highest BCUT2D eigenvalue weighted by atomic mass is 32.1. The molecule has 0 saturated heterocycles. The maximum absolute atomic E-state index is 11.2. The Morgan fingerprint density at radius 1 is 1.80 bits per heavy atom. The molecule has 6 heteroatoms. The van der Waals surface area contributed by atoms with Gasteiger partial charge in [0.25, 0.3) is 0 Å². The molecule has 1 amide bonds. The van der Waals surface area contributed by atoms with Crippen molar-refractivity contribution in [3.05, 3.63) is 16.6 Å². The first-order valence-corrected chi connectivity index (χ1v) is 5.30. The van der Waals surface area contributed by atoms with Crippen LogP contribution in [0.4, 0.5) is 0 Å². The molecule has 1 aromatic heterocycles. The Kier molecular flexibility index (Phi) is 3.41. The van der Waals surface area contributed by atoms with Crippen LogP contribution < -0.4 is 0 Å². The van der Waals surface area contributed by atoms with Gasteiger partial charge in [-0.05, 0) is 13.8 Å². The molecule has 1 unspecified atom stereocenters. The zero-order valence-corrected chi connectivity index (χ0v) is 9.32. The van der Waals surface area contributed by atoms with Gasteiger partial charge in [-0.15, -0.1) is 11.3 Å². The highest BCUT2D eigenvalue weighted by Crippen LogP contribution is 2.29. The number of carbonyl (C=O) groups excluding carboxylic acids is 1. The molecular weight excluding hydrogens is 216 g/mol. The summed E-state index contributed by atoms with van der Waals surface area (Å²) >= 11 is 1.22. The fraction of sp³-hybridized carbons (Fsp3) is 0.444. The lowest BCUT2D eigenvalue weighted by Crippen LogP contribution is -2.49. The van der Waals surface area contributed by atoms with E-state index in [2.05, 4.69) is 4.98 Å². The van der Waals surface area contributed by atoms with Gasteiger partial charge in [0, 0.05) is 18.1 Å². The van der Waals surface area contributed by atoms with E-state index in [9.17, 15) is 14.7 Å². The summed E-state index contributed by atoms with van der Waals surface area (Å²) in [4.78, 5) is 27.2. The largest absolute Gasteiger partial charge is 0.479 e. The molecule has 0 bridgehead atoms. The van der Waals surface area contributed by atoms with E-state index >= 15 is 0 Å². The van der Waals surface area contributed by atoms with E-state index in [1.54, 1.807) is 12.3 Å². The summed E-state index contributed by atoms with van der Waals surface area (Å²) in [5.41, 5.74) is -1.37. The van der Waals surface area contributed by atoms with Gasteiger partial charge < -0.3 is 10.0 Å². The third-order valence-electron chi connectivity index (χ3n) is 2.31. The van der Waals surface area contributed by atoms with Crippen molar-refractivity contribution in [3.63, 3.8) is 0 Å². The number of aliphatic carboxylic acids is 1. The summed E-state index contributed by atoms with van der Waals surface area (Å²) < 4.78 is 0. The molecule has 0 aliphatic rings. The highest BCUT2D eigenvalue weighted by Gasteiger charge is 2.42. The minimum absolute atomic E-state index is 0.325. The fourth-order valence-electron chi connectivity index (χ4n) is 1.30. The van der Waals surface area contributed by atoms with Crippen LogP contribution in [0.5, 0.6) is 0 Å². The molecule has 0 aliphatic carbocycles. The normalized spacial score (nSPS) is 14.3. The van der Waals surface area contributed by atoms with Crippen molar-refractivity contribution < 1.29 is 14.7 Å². The molecule has 15 heavy (non-hydrogen) atoms. The second kappa shape index (κ2) is 4.39. The SMILES string of the molecule is CCN(C=O)C(C)(C(=O)O)c1nccs1. The van der Waals surface area contributed by atoms with Crippen LogP contribution in [0.25, 0.3) is 0 Å². The van der Waals surface area contributed by atoms with Crippen molar-refractivity contribution in [2.75, 3.05) is 6.54 Å². The quantitative estimate of drug-likeness (QED) is 0.761. The van der Waals surface area contributed by atoms with Crippen LogP contribution in [0, 0.1) is 0 Å². The Balaban J connectivity index is 3.20. The molecular formula is C9H12N2O3S. The first-order chi connectivity index (χ1) is 7.07. The van der Waals surface area contributed by atoms with E-state index in [1.165, 1.54) is 29.4 Å². The molecule has 0 aliphatic heterocycles. The van der Waals surface area contributed by atoms with E-state index in [1.807, 2.05) is 0 Å². The lowest BCUT2D eigenvalue weighted by Gasteiger charge is -2.32. The molecule has 0 radical (unpaired) electrons. The first-order valence-electron chi connectivity index (χ1n) is 4.42. The number of aromatic nitrogens is 1. The number of carboxylic acids is 1. The van der Waals surface area contributed by atoms with E-state index in [-0.39, 0.29) is 0 Å².